The van der Waals surface area contributed by atoms with Gasteiger partial charge in [-0.3, -0.25) is 14.4 Å². The summed E-state index contributed by atoms with van der Waals surface area (Å²) >= 11 is 1.69. The fourth-order valence-corrected chi connectivity index (χ4v) is 4.44. The number of Topliss-reactive ketones (excluding diaryl/α,β-unsaturated/α-hetero) is 1. The Balaban J connectivity index is 2.05. The Bertz CT molecular complexity index is 1030. The lowest BCUT2D eigenvalue weighted by Crippen LogP contribution is -2.09. The van der Waals surface area contributed by atoms with Crippen LogP contribution in [0.3, 0.4) is 0 Å². The number of aryl methyl sites for hydroxylation is 2. The molecule has 0 unspecified atom stereocenters. The highest BCUT2D eigenvalue weighted by atomic mass is 32.1. The summed E-state index contributed by atoms with van der Waals surface area (Å²) in [4.78, 5) is 18.1. The zero-order valence-corrected chi connectivity index (χ0v) is 15.8. The highest BCUT2D eigenvalue weighted by Crippen LogP contribution is 2.39. The quantitative estimate of drug-likeness (QED) is 0.711. The molecule has 0 saturated carbocycles. The maximum atomic E-state index is 11.9. The van der Waals surface area contributed by atoms with Gasteiger partial charge in [0.25, 0.3) is 0 Å². The van der Waals surface area contributed by atoms with Gasteiger partial charge in [-0.15, -0.1) is 21.5 Å². The van der Waals surface area contributed by atoms with E-state index in [2.05, 4.69) is 34.2 Å². The van der Waals surface area contributed by atoms with Crippen LogP contribution in [0.15, 0.2) is 23.5 Å². The molecule has 1 atom stereocenters. The minimum Gasteiger partial charge on any atom is -0.300 e. The molecule has 4 heterocycles. The van der Waals surface area contributed by atoms with E-state index in [9.17, 15) is 4.79 Å². The molecule has 4 rings (SSSR count). The first-order valence-electron chi connectivity index (χ1n) is 8.34. The Morgan fingerprint density at radius 3 is 2.73 bits per heavy atom. The van der Waals surface area contributed by atoms with Crippen molar-refractivity contribution in [1.82, 2.24) is 25.0 Å². The zero-order chi connectivity index (χ0) is 18.4. The summed E-state index contributed by atoms with van der Waals surface area (Å²) in [6.45, 7) is 7.70. The summed E-state index contributed by atoms with van der Waals surface area (Å²) in [6, 6.07) is 1.52. The standard InChI is InChI=1S/C18H18N6OS/c1-9(25)7-14-17-23-22-12(4)24(17)18-15(10(2)11(3)26-18)16(21-14)13-5-6-19-20-8-13/h5-6,8,14H,7H2,1-4H3/t14-/m0/s1. The van der Waals surface area contributed by atoms with E-state index in [1.165, 1.54) is 10.4 Å². The van der Waals surface area contributed by atoms with Gasteiger partial charge in [-0.05, 0) is 39.3 Å². The topological polar surface area (TPSA) is 85.9 Å². The van der Waals surface area contributed by atoms with E-state index in [0.717, 1.165) is 27.7 Å². The molecule has 0 radical (unpaired) electrons. The Labute approximate surface area is 154 Å². The van der Waals surface area contributed by atoms with Crippen molar-refractivity contribution in [2.45, 2.75) is 40.2 Å². The van der Waals surface area contributed by atoms with Crippen LogP contribution in [0.5, 0.6) is 0 Å². The summed E-state index contributed by atoms with van der Waals surface area (Å²) in [5.41, 5.74) is 3.93. The van der Waals surface area contributed by atoms with Crippen LogP contribution in [0.4, 0.5) is 0 Å². The number of carbonyl (C=O) groups is 1. The molecular formula is C18H18N6OS. The van der Waals surface area contributed by atoms with Crippen molar-refractivity contribution in [3.63, 3.8) is 0 Å². The molecule has 7 nitrogen and oxygen atoms in total. The molecule has 0 bridgehead atoms. The maximum absolute atomic E-state index is 11.9. The molecule has 0 saturated heterocycles. The number of fused-ring (bicyclic) bond motifs is 3. The highest BCUT2D eigenvalue weighted by Gasteiger charge is 2.31. The van der Waals surface area contributed by atoms with Crippen molar-refractivity contribution in [3.8, 4) is 5.00 Å². The van der Waals surface area contributed by atoms with Gasteiger partial charge in [-0.2, -0.15) is 10.2 Å². The van der Waals surface area contributed by atoms with E-state index in [1.807, 2.05) is 17.6 Å². The third-order valence-electron chi connectivity index (χ3n) is 4.58. The maximum Gasteiger partial charge on any atom is 0.163 e. The second kappa shape index (κ2) is 6.21. The van der Waals surface area contributed by atoms with Crippen LogP contribution in [0.1, 0.15) is 52.6 Å². The minimum absolute atomic E-state index is 0.0660. The van der Waals surface area contributed by atoms with Crippen molar-refractivity contribution in [3.05, 3.63) is 51.7 Å². The number of nitrogens with zero attached hydrogens (tertiary/aromatic N) is 6. The van der Waals surface area contributed by atoms with Gasteiger partial charge in [0.1, 0.15) is 22.7 Å². The van der Waals surface area contributed by atoms with Gasteiger partial charge in [0.05, 0.1) is 18.1 Å². The van der Waals surface area contributed by atoms with Crippen molar-refractivity contribution < 1.29 is 4.79 Å². The Hall–Kier alpha value is -2.74. The van der Waals surface area contributed by atoms with Gasteiger partial charge in [0.2, 0.25) is 0 Å². The van der Waals surface area contributed by atoms with Crippen molar-refractivity contribution in [2.24, 2.45) is 4.99 Å². The third kappa shape index (κ3) is 2.57. The Kier molecular flexibility index (Phi) is 3.99. The summed E-state index contributed by atoms with van der Waals surface area (Å²) in [6.07, 6.45) is 3.65. The second-order valence-corrected chi connectivity index (χ2v) is 7.64. The molecule has 1 aliphatic rings. The lowest BCUT2D eigenvalue weighted by Gasteiger charge is -2.10. The average Bonchev–Trinajstić information content (AvgIpc) is 3.08. The number of hydrogen-bond donors (Lipinski definition) is 0. The Morgan fingerprint density at radius 2 is 2.04 bits per heavy atom. The van der Waals surface area contributed by atoms with E-state index >= 15 is 0 Å². The molecule has 26 heavy (non-hydrogen) atoms. The van der Waals surface area contributed by atoms with Crippen LogP contribution in [0, 0.1) is 20.8 Å². The first-order chi connectivity index (χ1) is 12.5. The molecule has 1 aliphatic heterocycles. The average molecular weight is 366 g/mol. The predicted molar refractivity (Wildman–Crippen MR) is 99.2 cm³/mol. The molecule has 132 valence electrons. The van der Waals surface area contributed by atoms with Crippen molar-refractivity contribution in [1.29, 1.82) is 0 Å². The molecule has 0 spiro atoms. The lowest BCUT2D eigenvalue weighted by molar-refractivity contribution is -0.117. The second-order valence-electron chi connectivity index (χ2n) is 6.43. The SMILES string of the molecule is CC(=O)C[C@@H]1N=C(c2ccnnc2)c2c(sc(C)c2C)-n2c(C)nnc21. The summed E-state index contributed by atoms with van der Waals surface area (Å²) < 4.78 is 2.04. The van der Waals surface area contributed by atoms with E-state index in [0.29, 0.717) is 5.82 Å². The molecule has 8 heteroatoms. The van der Waals surface area contributed by atoms with Gasteiger partial charge < -0.3 is 0 Å². The molecule has 0 aromatic carbocycles. The number of carbonyl (C=O) groups excluding carboxylic acids is 1. The van der Waals surface area contributed by atoms with Gasteiger partial charge in [-0.25, -0.2) is 0 Å². The van der Waals surface area contributed by atoms with E-state index in [1.54, 1.807) is 30.7 Å². The number of hydrogen-bond acceptors (Lipinski definition) is 7. The van der Waals surface area contributed by atoms with Crippen LogP contribution in [0.2, 0.25) is 0 Å². The lowest BCUT2D eigenvalue weighted by atomic mass is 10.0. The smallest absolute Gasteiger partial charge is 0.163 e. The number of ketones is 1. The Morgan fingerprint density at radius 1 is 1.23 bits per heavy atom. The first kappa shape index (κ1) is 16.7. The molecular weight excluding hydrogens is 348 g/mol. The molecule has 3 aromatic rings. The molecule has 0 amide bonds. The number of aromatic nitrogens is 5. The molecule has 3 aromatic heterocycles. The summed E-state index contributed by atoms with van der Waals surface area (Å²) in [5.74, 6) is 1.56. The van der Waals surface area contributed by atoms with Gasteiger partial charge in [-0.1, -0.05) is 0 Å². The number of aliphatic imine (C=N–C) groups is 1. The number of rotatable bonds is 3. The van der Waals surface area contributed by atoms with E-state index < -0.39 is 0 Å². The van der Waals surface area contributed by atoms with E-state index in [4.69, 9.17) is 4.99 Å². The van der Waals surface area contributed by atoms with Crippen molar-refractivity contribution >= 4 is 22.8 Å². The van der Waals surface area contributed by atoms with Crippen LogP contribution in [-0.2, 0) is 4.79 Å². The summed E-state index contributed by atoms with van der Waals surface area (Å²) in [7, 11) is 0. The normalized spacial score (nSPS) is 15.8. The zero-order valence-electron chi connectivity index (χ0n) is 15.0. The fraction of sp³-hybridized carbons (Fsp3) is 0.333. The predicted octanol–water partition coefficient (Wildman–Crippen LogP) is 2.92. The van der Waals surface area contributed by atoms with E-state index in [-0.39, 0.29) is 18.2 Å². The summed E-state index contributed by atoms with van der Waals surface area (Å²) in [5, 5.41) is 17.5. The molecule has 0 N–H and O–H groups in total. The number of thiophene rings is 1. The monoisotopic (exact) mass is 366 g/mol. The third-order valence-corrected chi connectivity index (χ3v) is 5.77. The first-order valence-corrected chi connectivity index (χ1v) is 9.16. The van der Waals surface area contributed by atoms with Gasteiger partial charge in [0, 0.05) is 22.4 Å². The van der Waals surface area contributed by atoms with Gasteiger partial charge in [0.15, 0.2) is 5.82 Å². The molecule has 0 aliphatic carbocycles. The largest absolute Gasteiger partial charge is 0.300 e. The van der Waals surface area contributed by atoms with Crippen LogP contribution >= 0.6 is 11.3 Å². The highest BCUT2D eigenvalue weighted by molar-refractivity contribution is 7.15. The van der Waals surface area contributed by atoms with Crippen LogP contribution in [-0.4, -0.2) is 36.5 Å². The minimum atomic E-state index is -0.379. The van der Waals surface area contributed by atoms with Gasteiger partial charge >= 0.3 is 0 Å². The van der Waals surface area contributed by atoms with Crippen LogP contribution < -0.4 is 0 Å². The molecule has 0 fully saturated rings. The van der Waals surface area contributed by atoms with Crippen molar-refractivity contribution in [2.75, 3.05) is 0 Å². The fourth-order valence-electron chi connectivity index (χ4n) is 3.23. The van der Waals surface area contributed by atoms with Crippen LogP contribution in [0.25, 0.3) is 5.00 Å².